The molecule has 0 aliphatic carbocycles. The van der Waals surface area contributed by atoms with Crippen LogP contribution in [0.5, 0.6) is 0 Å². The Bertz CT molecular complexity index is 726. The lowest BCUT2D eigenvalue weighted by molar-refractivity contribution is 0.627. The Hall–Kier alpha value is -1.79. The van der Waals surface area contributed by atoms with Gasteiger partial charge in [-0.05, 0) is 58.9 Å². The van der Waals surface area contributed by atoms with Crippen LogP contribution in [-0.4, -0.2) is 14.8 Å². The average molecular weight is 291 g/mol. The van der Waals surface area contributed by atoms with E-state index in [2.05, 4.69) is 21.6 Å². The van der Waals surface area contributed by atoms with Gasteiger partial charge in [-0.2, -0.15) is 16.4 Å². The molecule has 0 radical (unpaired) electrons. The van der Waals surface area contributed by atoms with Gasteiger partial charge in [-0.15, -0.1) is 0 Å². The molecule has 1 aromatic carbocycles. The molecule has 0 bridgehead atoms. The lowest BCUT2D eigenvalue weighted by Crippen LogP contribution is -2.02. The Morgan fingerprint density at radius 1 is 1.26 bits per heavy atom. The van der Waals surface area contributed by atoms with Crippen molar-refractivity contribution in [1.29, 1.82) is 0 Å². The lowest BCUT2D eigenvalue weighted by Gasteiger charge is -2.06. The molecule has 0 unspecified atom stereocenters. The standard InChI is InChI=1S/C13H10FN3S2/c14-10-1-3-11(4-2-10)17-12(15-16-13(17)18)7-9-5-6-19-8-9/h1-6,8H,7H2,(H,16,18). The minimum atomic E-state index is -0.266. The fourth-order valence-corrected chi connectivity index (χ4v) is 2.81. The maximum Gasteiger partial charge on any atom is 0.199 e. The third-order valence-corrected chi connectivity index (χ3v) is 3.77. The molecule has 0 atom stereocenters. The van der Waals surface area contributed by atoms with E-state index in [1.165, 1.54) is 17.7 Å². The lowest BCUT2D eigenvalue weighted by atomic mass is 10.2. The molecule has 0 amide bonds. The second kappa shape index (κ2) is 5.07. The molecule has 0 saturated heterocycles. The van der Waals surface area contributed by atoms with Crippen LogP contribution in [0, 0.1) is 10.6 Å². The van der Waals surface area contributed by atoms with Crippen molar-refractivity contribution in [2.75, 3.05) is 0 Å². The van der Waals surface area contributed by atoms with Crippen molar-refractivity contribution in [3.63, 3.8) is 0 Å². The zero-order valence-corrected chi connectivity index (χ0v) is 11.5. The molecular weight excluding hydrogens is 281 g/mol. The molecule has 3 nitrogen and oxygen atoms in total. The minimum Gasteiger partial charge on any atom is -0.272 e. The third-order valence-electron chi connectivity index (χ3n) is 2.77. The van der Waals surface area contributed by atoms with Gasteiger partial charge in [0.15, 0.2) is 4.77 Å². The van der Waals surface area contributed by atoms with Crippen molar-refractivity contribution in [2.45, 2.75) is 6.42 Å². The molecule has 0 spiro atoms. The molecule has 0 saturated carbocycles. The van der Waals surface area contributed by atoms with Crippen molar-refractivity contribution >= 4 is 23.6 Å². The van der Waals surface area contributed by atoms with Crippen molar-refractivity contribution < 1.29 is 4.39 Å². The van der Waals surface area contributed by atoms with E-state index in [1.807, 2.05) is 9.95 Å². The van der Waals surface area contributed by atoms with Crippen LogP contribution in [0.25, 0.3) is 5.69 Å². The summed E-state index contributed by atoms with van der Waals surface area (Å²) in [6.07, 6.45) is 0.689. The van der Waals surface area contributed by atoms with Gasteiger partial charge in [-0.25, -0.2) is 4.39 Å². The number of hydrogen-bond donors (Lipinski definition) is 1. The highest BCUT2D eigenvalue weighted by Crippen LogP contribution is 2.16. The highest BCUT2D eigenvalue weighted by molar-refractivity contribution is 7.71. The van der Waals surface area contributed by atoms with Crippen molar-refractivity contribution in [3.05, 3.63) is 63.1 Å². The Labute approximate surface area is 118 Å². The maximum atomic E-state index is 13.0. The Morgan fingerprint density at radius 2 is 2.05 bits per heavy atom. The quantitative estimate of drug-likeness (QED) is 0.746. The summed E-state index contributed by atoms with van der Waals surface area (Å²) in [4.78, 5) is 0. The SMILES string of the molecule is Fc1ccc(-n2c(Cc3ccsc3)n[nH]c2=S)cc1. The van der Waals surface area contributed by atoms with Gasteiger partial charge in [-0.1, -0.05) is 0 Å². The minimum absolute atomic E-state index is 0.266. The van der Waals surface area contributed by atoms with E-state index < -0.39 is 0 Å². The van der Waals surface area contributed by atoms with E-state index in [0.29, 0.717) is 11.2 Å². The number of nitrogens with one attached hydrogen (secondary N) is 1. The number of rotatable bonds is 3. The van der Waals surface area contributed by atoms with Crippen LogP contribution in [0.2, 0.25) is 0 Å². The molecule has 19 heavy (non-hydrogen) atoms. The summed E-state index contributed by atoms with van der Waals surface area (Å²) < 4.78 is 15.3. The van der Waals surface area contributed by atoms with E-state index >= 15 is 0 Å². The molecule has 96 valence electrons. The Morgan fingerprint density at radius 3 is 2.74 bits per heavy atom. The third kappa shape index (κ3) is 2.50. The van der Waals surface area contributed by atoms with Gasteiger partial charge >= 0.3 is 0 Å². The van der Waals surface area contributed by atoms with Gasteiger partial charge in [-0.3, -0.25) is 9.67 Å². The topological polar surface area (TPSA) is 33.6 Å². The van der Waals surface area contributed by atoms with Crippen LogP contribution in [0.1, 0.15) is 11.4 Å². The summed E-state index contributed by atoms with van der Waals surface area (Å²) >= 11 is 6.88. The van der Waals surface area contributed by atoms with Crippen LogP contribution in [0.3, 0.4) is 0 Å². The first-order valence-electron chi connectivity index (χ1n) is 5.67. The summed E-state index contributed by atoms with van der Waals surface area (Å²) in [5.41, 5.74) is 1.99. The molecule has 6 heteroatoms. The number of hydrogen-bond acceptors (Lipinski definition) is 3. The molecular formula is C13H10FN3S2. The first-order chi connectivity index (χ1) is 9.24. The molecule has 3 rings (SSSR count). The molecule has 0 fully saturated rings. The molecule has 2 aromatic heterocycles. The predicted octanol–water partition coefficient (Wildman–Crippen LogP) is 3.72. The van der Waals surface area contributed by atoms with Crippen LogP contribution >= 0.6 is 23.6 Å². The normalized spacial score (nSPS) is 10.8. The van der Waals surface area contributed by atoms with Gasteiger partial charge in [0.1, 0.15) is 11.6 Å². The highest BCUT2D eigenvalue weighted by atomic mass is 32.1. The fourth-order valence-electron chi connectivity index (χ4n) is 1.88. The first-order valence-corrected chi connectivity index (χ1v) is 7.02. The number of nitrogens with zero attached hydrogens (tertiary/aromatic N) is 2. The maximum absolute atomic E-state index is 13.0. The van der Waals surface area contributed by atoms with E-state index in [9.17, 15) is 4.39 Å². The number of H-pyrrole nitrogens is 1. The van der Waals surface area contributed by atoms with Crippen LogP contribution in [-0.2, 0) is 6.42 Å². The molecule has 0 aliphatic heterocycles. The Balaban J connectivity index is 2.03. The number of benzene rings is 1. The van der Waals surface area contributed by atoms with Gasteiger partial charge in [0.05, 0.1) is 0 Å². The largest absolute Gasteiger partial charge is 0.272 e. The summed E-state index contributed by atoms with van der Waals surface area (Å²) in [5, 5.41) is 11.1. The zero-order valence-electron chi connectivity index (χ0n) is 9.84. The summed E-state index contributed by atoms with van der Waals surface area (Å²) in [7, 11) is 0. The second-order valence-corrected chi connectivity index (χ2v) is 5.23. The summed E-state index contributed by atoms with van der Waals surface area (Å²) in [6.45, 7) is 0. The second-order valence-electron chi connectivity index (χ2n) is 4.07. The summed E-state index contributed by atoms with van der Waals surface area (Å²) in [5.74, 6) is 0.549. The predicted molar refractivity (Wildman–Crippen MR) is 75.8 cm³/mol. The van der Waals surface area contributed by atoms with E-state index in [1.54, 1.807) is 23.5 Å². The van der Waals surface area contributed by atoms with E-state index in [-0.39, 0.29) is 5.82 Å². The van der Waals surface area contributed by atoms with Gasteiger partial charge in [0.2, 0.25) is 0 Å². The smallest absolute Gasteiger partial charge is 0.199 e. The number of aromatic amines is 1. The van der Waals surface area contributed by atoms with E-state index in [0.717, 1.165) is 11.5 Å². The van der Waals surface area contributed by atoms with Gasteiger partial charge < -0.3 is 0 Å². The van der Waals surface area contributed by atoms with Crippen molar-refractivity contribution in [1.82, 2.24) is 14.8 Å². The monoisotopic (exact) mass is 291 g/mol. The number of thiophene rings is 1. The van der Waals surface area contributed by atoms with E-state index in [4.69, 9.17) is 12.2 Å². The summed E-state index contributed by atoms with van der Waals surface area (Å²) in [6, 6.07) is 8.27. The molecule has 2 heterocycles. The number of aromatic nitrogens is 3. The van der Waals surface area contributed by atoms with Crippen molar-refractivity contribution in [2.24, 2.45) is 0 Å². The van der Waals surface area contributed by atoms with Crippen molar-refractivity contribution in [3.8, 4) is 5.69 Å². The molecule has 3 aromatic rings. The van der Waals surface area contributed by atoms with Gasteiger partial charge in [0, 0.05) is 12.1 Å². The van der Waals surface area contributed by atoms with Crippen LogP contribution in [0.4, 0.5) is 4.39 Å². The highest BCUT2D eigenvalue weighted by Gasteiger charge is 2.09. The number of halogens is 1. The average Bonchev–Trinajstić information content (AvgIpc) is 3.02. The van der Waals surface area contributed by atoms with Gasteiger partial charge in [0.25, 0.3) is 0 Å². The van der Waals surface area contributed by atoms with Crippen LogP contribution in [0.15, 0.2) is 41.1 Å². The fraction of sp³-hybridized carbons (Fsp3) is 0.0769. The first kappa shape index (κ1) is 12.3. The Kier molecular flexibility index (Phi) is 3.27. The van der Waals surface area contributed by atoms with Crippen LogP contribution < -0.4 is 0 Å². The zero-order chi connectivity index (χ0) is 13.2. The molecule has 1 N–H and O–H groups in total. The molecule has 0 aliphatic rings.